The lowest BCUT2D eigenvalue weighted by atomic mass is 9.77. The molecule has 46 heavy (non-hydrogen) atoms. The van der Waals surface area contributed by atoms with Gasteiger partial charge in [0, 0.05) is 54.3 Å². The Balaban J connectivity index is 1.30. The van der Waals surface area contributed by atoms with Crippen molar-refractivity contribution in [1.82, 2.24) is 0 Å². The highest BCUT2D eigenvalue weighted by atomic mass is 35.5. The van der Waals surface area contributed by atoms with Gasteiger partial charge in [0.05, 0.1) is 16.5 Å². The third kappa shape index (κ3) is 6.75. The minimum atomic E-state index is -5.01. The number of Topliss-reactive ketones (excluding diaryl/α,β-unsaturated/α-hetero) is 2. The number of carbonyl (C=O) groups excluding carboxylic acids is 3. The molecule has 244 valence electrons. The van der Waals surface area contributed by atoms with E-state index in [0.29, 0.717) is 12.1 Å². The molecule has 0 heterocycles. The molecule has 3 aromatic rings. The van der Waals surface area contributed by atoms with Gasteiger partial charge in [-0.05, 0) is 47.5 Å². The fourth-order valence-electron chi connectivity index (χ4n) is 5.48. The molecule has 1 amide bonds. The van der Waals surface area contributed by atoms with Crippen LogP contribution in [-0.4, -0.2) is 27.7 Å². The fourth-order valence-corrected chi connectivity index (χ4v) is 6.53. The zero-order valence-electron chi connectivity index (χ0n) is 23.1. The molecule has 0 bridgehead atoms. The maximum absolute atomic E-state index is 15.2. The molecule has 3 aromatic carbocycles. The van der Waals surface area contributed by atoms with Gasteiger partial charge in [-0.1, -0.05) is 23.7 Å². The summed E-state index contributed by atoms with van der Waals surface area (Å²) in [6.07, 6.45) is -7.85. The molecule has 2 atom stereocenters. The normalized spacial score (nSPS) is 20.2. The van der Waals surface area contributed by atoms with Crippen LogP contribution in [0.5, 0.6) is 0 Å². The first kappa shape index (κ1) is 34.1. The van der Waals surface area contributed by atoms with E-state index in [1.807, 2.05) is 0 Å². The van der Waals surface area contributed by atoms with Gasteiger partial charge in [0.15, 0.2) is 5.78 Å². The average molecular weight is 713 g/mol. The van der Waals surface area contributed by atoms with E-state index >= 15 is 4.39 Å². The number of amides is 1. The predicted octanol–water partition coefficient (Wildman–Crippen LogP) is 8.88. The molecule has 1 N–H and O–H groups in total. The summed E-state index contributed by atoms with van der Waals surface area (Å²) in [5.74, 6) is -12.6. The van der Waals surface area contributed by atoms with Crippen molar-refractivity contribution in [3.63, 3.8) is 0 Å². The summed E-state index contributed by atoms with van der Waals surface area (Å²) in [4.78, 5) is 38.5. The molecular weight excluding hydrogens is 693 g/mol. The van der Waals surface area contributed by atoms with E-state index in [1.165, 1.54) is 12.1 Å². The van der Waals surface area contributed by atoms with Crippen molar-refractivity contribution in [2.45, 2.75) is 48.0 Å². The van der Waals surface area contributed by atoms with E-state index in [0.717, 1.165) is 24.3 Å². The summed E-state index contributed by atoms with van der Waals surface area (Å²) >= 11 is 18.6. The minimum Gasteiger partial charge on any atom is -0.326 e. The van der Waals surface area contributed by atoms with Crippen LogP contribution in [0.1, 0.15) is 51.4 Å². The van der Waals surface area contributed by atoms with Gasteiger partial charge >= 0.3 is 6.18 Å². The molecule has 2 aliphatic rings. The van der Waals surface area contributed by atoms with Gasteiger partial charge in [-0.3, -0.25) is 14.4 Å². The molecule has 2 saturated carbocycles. The molecule has 0 spiro atoms. The second-order valence-electron chi connectivity index (χ2n) is 11.3. The number of hydrogen-bond donors (Lipinski definition) is 1. The number of rotatable bonds is 9. The van der Waals surface area contributed by atoms with Gasteiger partial charge in [-0.25, -0.2) is 22.0 Å². The summed E-state index contributed by atoms with van der Waals surface area (Å²) < 4.78 is 107. The average Bonchev–Trinajstić information content (AvgIpc) is 3.53. The molecule has 15 heteroatoms. The number of anilines is 1. The van der Waals surface area contributed by atoms with E-state index in [2.05, 4.69) is 5.32 Å². The summed E-state index contributed by atoms with van der Waals surface area (Å²) in [5.41, 5.74) is -2.84. The number of benzene rings is 3. The highest BCUT2D eigenvalue weighted by molar-refractivity contribution is 6.53. The van der Waals surface area contributed by atoms with E-state index in [1.54, 1.807) is 0 Å². The second kappa shape index (κ2) is 12.1. The summed E-state index contributed by atoms with van der Waals surface area (Å²) in [6, 6.07) is 7.65. The molecule has 0 saturated heterocycles. The maximum Gasteiger partial charge on any atom is 0.419 e. The maximum atomic E-state index is 15.2. The quantitative estimate of drug-likeness (QED) is 0.137. The van der Waals surface area contributed by atoms with Crippen LogP contribution in [-0.2, 0) is 28.6 Å². The third-order valence-electron chi connectivity index (χ3n) is 8.04. The van der Waals surface area contributed by atoms with E-state index < -0.39 is 106 Å². The molecule has 5 rings (SSSR count). The van der Waals surface area contributed by atoms with Crippen molar-refractivity contribution >= 4 is 58.0 Å². The largest absolute Gasteiger partial charge is 0.419 e. The predicted molar refractivity (Wildman–Crippen MR) is 153 cm³/mol. The van der Waals surface area contributed by atoms with Crippen molar-refractivity contribution in [2.75, 3.05) is 5.32 Å². The number of carbonyl (C=O) groups is 3. The number of alkyl halides is 7. The van der Waals surface area contributed by atoms with Crippen LogP contribution in [0, 0.1) is 29.3 Å². The van der Waals surface area contributed by atoms with Gasteiger partial charge in [0.25, 0.3) is 0 Å². The smallest absolute Gasteiger partial charge is 0.326 e. The standard InChI is InChI=1S/C31H20Cl3F8NO3/c32-20-4-3-16(43-28(46)26-25(30(26,33)34)13-1-6-22(36)19(7-13)31(40,41)42)9-17(20)24(45)8-14-2-5-21(35)18(27(14)37)10-23(44)15-11-29(38,39)12-15/h1-7,9,15,25-26H,8,10-12H2,(H,43,46)/t25-,26+/m0/s1. The Bertz CT molecular complexity index is 1750. The SMILES string of the molecule is O=C(Cc1ccc(F)c(CC(=O)C2CC(F)(F)C2)c1F)c1cc(NC(=O)[C@H]2[C@H](c3ccc(F)c(C(F)(F)F)c3)C2(Cl)Cl)ccc1Cl. The second-order valence-corrected chi connectivity index (χ2v) is 13.1. The lowest BCUT2D eigenvalue weighted by Gasteiger charge is -2.33. The monoisotopic (exact) mass is 711 g/mol. The van der Waals surface area contributed by atoms with Crippen LogP contribution in [0.2, 0.25) is 5.02 Å². The van der Waals surface area contributed by atoms with Crippen molar-refractivity contribution in [1.29, 1.82) is 0 Å². The first-order chi connectivity index (χ1) is 21.3. The number of halogens is 11. The summed E-state index contributed by atoms with van der Waals surface area (Å²) in [7, 11) is 0. The van der Waals surface area contributed by atoms with Crippen LogP contribution in [0.3, 0.4) is 0 Å². The summed E-state index contributed by atoms with van der Waals surface area (Å²) in [5, 5.41) is 2.34. The molecule has 0 aliphatic heterocycles. The Morgan fingerprint density at radius 1 is 0.891 bits per heavy atom. The van der Waals surface area contributed by atoms with Crippen molar-refractivity contribution < 1.29 is 49.5 Å². The molecule has 4 nitrogen and oxygen atoms in total. The van der Waals surface area contributed by atoms with Crippen LogP contribution in [0.15, 0.2) is 48.5 Å². The Labute approximate surface area is 271 Å². The van der Waals surface area contributed by atoms with E-state index in [-0.39, 0.29) is 27.4 Å². The number of hydrogen-bond acceptors (Lipinski definition) is 3. The summed E-state index contributed by atoms with van der Waals surface area (Å²) in [6.45, 7) is 0. The van der Waals surface area contributed by atoms with Gasteiger partial charge in [0.2, 0.25) is 11.8 Å². The zero-order chi connectivity index (χ0) is 33.9. The molecule has 2 aliphatic carbocycles. The topological polar surface area (TPSA) is 63.2 Å². The first-order valence-electron chi connectivity index (χ1n) is 13.5. The molecule has 0 aromatic heterocycles. The Kier molecular flexibility index (Phi) is 8.98. The fraction of sp³-hybridized carbons (Fsp3) is 0.323. The lowest BCUT2D eigenvalue weighted by molar-refractivity contribution is -0.147. The third-order valence-corrected chi connectivity index (χ3v) is 9.31. The Morgan fingerprint density at radius 2 is 1.54 bits per heavy atom. The molecular formula is C31H20Cl3F8NO3. The lowest BCUT2D eigenvalue weighted by Crippen LogP contribution is -2.40. The van der Waals surface area contributed by atoms with Gasteiger partial charge in [-0.15, -0.1) is 23.2 Å². The molecule has 0 unspecified atom stereocenters. The highest BCUT2D eigenvalue weighted by Gasteiger charge is 2.67. The molecule has 2 fully saturated rings. The van der Waals surface area contributed by atoms with E-state index in [9.17, 15) is 45.1 Å². The number of nitrogens with one attached hydrogen (secondary N) is 1. The van der Waals surface area contributed by atoms with Crippen LogP contribution >= 0.6 is 34.8 Å². The van der Waals surface area contributed by atoms with Crippen molar-refractivity contribution in [3.05, 3.63) is 98.8 Å². The highest BCUT2D eigenvalue weighted by Crippen LogP contribution is 2.65. The minimum absolute atomic E-state index is 0.00853. The van der Waals surface area contributed by atoms with Gasteiger partial charge in [-0.2, -0.15) is 13.2 Å². The van der Waals surface area contributed by atoms with E-state index in [4.69, 9.17) is 34.8 Å². The Hall–Kier alpha value is -3.22. The zero-order valence-corrected chi connectivity index (χ0v) is 25.3. The Morgan fingerprint density at radius 3 is 2.17 bits per heavy atom. The van der Waals surface area contributed by atoms with Crippen LogP contribution in [0.25, 0.3) is 0 Å². The molecule has 0 radical (unpaired) electrons. The van der Waals surface area contributed by atoms with Gasteiger partial charge < -0.3 is 5.32 Å². The number of ketones is 2. The van der Waals surface area contributed by atoms with Crippen LogP contribution in [0.4, 0.5) is 40.8 Å². The van der Waals surface area contributed by atoms with Gasteiger partial charge in [0.1, 0.15) is 27.6 Å². The van der Waals surface area contributed by atoms with Crippen LogP contribution < -0.4 is 5.32 Å². The van der Waals surface area contributed by atoms with Crippen molar-refractivity contribution in [3.8, 4) is 0 Å². The first-order valence-corrected chi connectivity index (χ1v) is 14.7. The van der Waals surface area contributed by atoms with Crippen molar-refractivity contribution in [2.24, 2.45) is 11.8 Å².